The quantitative estimate of drug-likeness (QED) is 0.582. The lowest BCUT2D eigenvalue weighted by molar-refractivity contribution is -0.0297. The molecule has 0 saturated carbocycles. The first-order valence-corrected chi connectivity index (χ1v) is 8.19. The van der Waals surface area contributed by atoms with Gasteiger partial charge in [-0.05, 0) is 0 Å². The highest BCUT2D eigenvalue weighted by molar-refractivity contribution is 7.51. The minimum Gasteiger partial charge on any atom is -0.382 e. The Morgan fingerprint density at radius 1 is 1.43 bits per heavy atom. The number of methoxy groups -OCH3 is 1. The Morgan fingerprint density at radius 3 is 2.71 bits per heavy atom. The van der Waals surface area contributed by atoms with Crippen LogP contribution in [-0.4, -0.2) is 54.1 Å². The summed E-state index contributed by atoms with van der Waals surface area (Å²) in [7, 11) is -2.11. The van der Waals surface area contributed by atoms with E-state index in [0.29, 0.717) is 0 Å². The first-order chi connectivity index (χ1) is 9.81. The van der Waals surface area contributed by atoms with Crippen molar-refractivity contribution >= 4 is 7.60 Å². The van der Waals surface area contributed by atoms with Crippen LogP contribution in [0.25, 0.3) is 0 Å². The Hall–Kier alpha value is -1.25. The van der Waals surface area contributed by atoms with Crippen LogP contribution in [0.1, 0.15) is 0 Å². The molecule has 1 aromatic rings. The van der Waals surface area contributed by atoms with Crippen LogP contribution in [0, 0.1) is 0 Å². The molecule has 0 aliphatic heterocycles. The standard InChI is InChI=1S/C11H19N2O7P/c1-18-7-9(8-20-21(2,16)17)19-6-5-13-4-3-10(14)12-11(13)15/h3-4,9H,5-8H2,1-2H3,(H,16,17)(H,12,14,15)/t9-/m1/s1. The van der Waals surface area contributed by atoms with Gasteiger partial charge in [-0.2, -0.15) is 0 Å². The van der Waals surface area contributed by atoms with Crippen molar-refractivity contribution in [3.05, 3.63) is 33.1 Å². The van der Waals surface area contributed by atoms with Crippen LogP contribution in [0.4, 0.5) is 0 Å². The second-order valence-corrected chi connectivity index (χ2v) is 6.21. The van der Waals surface area contributed by atoms with Crippen LogP contribution in [-0.2, 0) is 25.1 Å². The number of rotatable bonds is 9. The molecule has 9 nitrogen and oxygen atoms in total. The van der Waals surface area contributed by atoms with Gasteiger partial charge >= 0.3 is 13.3 Å². The molecule has 0 aliphatic carbocycles. The van der Waals surface area contributed by atoms with E-state index in [-0.39, 0.29) is 26.4 Å². The zero-order valence-electron chi connectivity index (χ0n) is 11.9. The summed E-state index contributed by atoms with van der Waals surface area (Å²) in [5, 5.41) is 0. The molecule has 120 valence electrons. The first-order valence-electron chi connectivity index (χ1n) is 6.17. The largest absolute Gasteiger partial charge is 0.382 e. The van der Waals surface area contributed by atoms with E-state index in [2.05, 4.69) is 4.98 Å². The first kappa shape index (κ1) is 17.8. The summed E-state index contributed by atoms with van der Waals surface area (Å²) in [6.07, 6.45) is 0.828. The molecule has 1 rings (SSSR count). The highest BCUT2D eigenvalue weighted by Crippen LogP contribution is 2.36. The van der Waals surface area contributed by atoms with Gasteiger partial charge in [0.15, 0.2) is 0 Å². The number of aromatic nitrogens is 2. The van der Waals surface area contributed by atoms with Crippen molar-refractivity contribution in [1.82, 2.24) is 9.55 Å². The van der Waals surface area contributed by atoms with Crippen LogP contribution < -0.4 is 11.2 Å². The third-order valence-electron chi connectivity index (χ3n) is 2.44. The number of hydrogen-bond acceptors (Lipinski definition) is 6. The Kier molecular flexibility index (Phi) is 7.00. The lowest BCUT2D eigenvalue weighted by atomic mass is 10.4. The van der Waals surface area contributed by atoms with E-state index in [0.717, 1.165) is 6.66 Å². The van der Waals surface area contributed by atoms with Crippen molar-refractivity contribution in [1.29, 1.82) is 0 Å². The smallest absolute Gasteiger partial charge is 0.328 e. The van der Waals surface area contributed by atoms with E-state index in [1.54, 1.807) is 0 Å². The minimum absolute atomic E-state index is 0.0986. The number of H-pyrrole nitrogens is 1. The lowest BCUT2D eigenvalue weighted by Gasteiger charge is -2.18. The maximum Gasteiger partial charge on any atom is 0.328 e. The highest BCUT2D eigenvalue weighted by atomic mass is 31.2. The fourth-order valence-corrected chi connectivity index (χ4v) is 1.93. The van der Waals surface area contributed by atoms with Crippen LogP contribution in [0.2, 0.25) is 0 Å². The molecular formula is C11H19N2O7P. The molecule has 1 aromatic heterocycles. The SMILES string of the molecule is COC[C@H](COP(C)(=O)O)OCCn1ccc(=O)[nH]c1=O. The summed E-state index contributed by atoms with van der Waals surface area (Å²) in [5.74, 6) is 0. The molecule has 0 aromatic carbocycles. The second-order valence-electron chi connectivity index (χ2n) is 4.35. The Morgan fingerprint density at radius 2 is 2.14 bits per heavy atom. The maximum absolute atomic E-state index is 11.4. The number of nitrogens with zero attached hydrogens (tertiary/aromatic N) is 1. The van der Waals surface area contributed by atoms with E-state index < -0.39 is 24.9 Å². The van der Waals surface area contributed by atoms with E-state index >= 15 is 0 Å². The monoisotopic (exact) mass is 322 g/mol. The normalized spacial score (nSPS) is 15.6. The summed E-state index contributed by atoms with van der Waals surface area (Å²) in [4.78, 5) is 33.5. The zero-order chi connectivity index (χ0) is 15.9. The molecule has 1 heterocycles. The summed E-state index contributed by atoms with van der Waals surface area (Å²) >= 11 is 0. The Balaban J connectivity index is 2.47. The summed E-state index contributed by atoms with van der Waals surface area (Å²) in [6.45, 7) is 1.54. The van der Waals surface area contributed by atoms with Crippen LogP contribution in [0.5, 0.6) is 0 Å². The average Bonchev–Trinajstić information content (AvgIpc) is 2.37. The predicted molar refractivity (Wildman–Crippen MR) is 74.6 cm³/mol. The summed E-state index contributed by atoms with van der Waals surface area (Å²) < 4.78 is 27.5. The average molecular weight is 322 g/mol. The zero-order valence-corrected chi connectivity index (χ0v) is 12.7. The van der Waals surface area contributed by atoms with Gasteiger partial charge in [-0.15, -0.1) is 0 Å². The molecule has 0 bridgehead atoms. The van der Waals surface area contributed by atoms with Gasteiger partial charge in [0.05, 0.1) is 26.4 Å². The topological polar surface area (TPSA) is 120 Å². The fraction of sp³-hybridized carbons (Fsp3) is 0.636. The second kappa shape index (κ2) is 8.26. The number of nitrogens with one attached hydrogen (secondary N) is 1. The molecule has 21 heavy (non-hydrogen) atoms. The number of ether oxygens (including phenoxy) is 2. The van der Waals surface area contributed by atoms with Gasteiger partial charge in [-0.3, -0.25) is 18.9 Å². The minimum atomic E-state index is -3.58. The lowest BCUT2D eigenvalue weighted by Crippen LogP contribution is -2.31. The van der Waals surface area contributed by atoms with Gasteiger partial charge in [0.25, 0.3) is 5.56 Å². The van der Waals surface area contributed by atoms with Crippen molar-refractivity contribution in [3.8, 4) is 0 Å². The third kappa shape index (κ3) is 7.35. The van der Waals surface area contributed by atoms with Gasteiger partial charge in [0, 0.05) is 26.0 Å². The van der Waals surface area contributed by atoms with Gasteiger partial charge in [0.1, 0.15) is 6.10 Å². The van der Waals surface area contributed by atoms with Gasteiger partial charge < -0.3 is 18.9 Å². The maximum atomic E-state index is 11.4. The van der Waals surface area contributed by atoms with E-state index in [4.69, 9.17) is 18.9 Å². The molecule has 0 saturated heterocycles. The summed E-state index contributed by atoms with van der Waals surface area (Å²) in [5.41, 5.74) is -0.997. The molecular weight excluding hydrogens is 303 g/mol. The van der Waals surface area contributed by atoms with Gasteiger partial charge in [-0.25, -0.2) is 4.79 Å². The van der Waals surface area contributed by atoms with Gasteiger partial charge in [-0.1, -0.05) is 0 Å². The van der Waals surface area contributed by atoms with E-state index in [9.17, 15) is 14.2 Å². The number of aromatic amines is 1. The third-order valence-corrected chi connectivity index (χ3v) is 3.06. The predicted octanol–water partition coefficient (Wildman–Crippen LogP) is -0.600. The van der Waals surface area contributed by atoms with Crippen LogP contribution >= 0.6 is 7.60 Å². The molecule has 0 fully saturated rings. The van der Waals surface area contributed by atoms with E-state index in [1.165, 1.54) is 23.9 Å². The van der Waals surface area contributed by atoms with E-state index in [1.807, 2.05) is 0 Å². The molecule has 0 radical (unpaired) electrons. The van der Waals surface area contributed by atoms with Crippen LogP contribution in [0.3, 0.4) is 0 Å². The highest BCUT2D eigenvalue weighted by Gasteiger charge is 2.16. The van der Waals surface area contributed by atoms with Crippen molar-refractivity contribution in [2.24, 2.45) is 0 Å². The number of hydrogen-bond donors (Lipinski definition) is 2. The van der Waals surface area contributed by atoms with Crippen molar-refractivity contribution in [2.75, 3.05) is 33.6 Å². The molecule has 1 unspecified atom stereocenters. The van der Waals surface area contributed by atoms with Crippen molar-refractivity contribution in [3.63, 3.8) is 0 Å². The van der Waals surface area contributed by atoms with Crippen molar-refractivity contribution in [2.45, 2.75) is 12.6 Å². The van der Waals surface area contributed by atoms with Crippen LogP contribution in [0.15, 0.2) is 21.9 Å². The molecule has 2 atom stereocenters. The van der Waals surface area contributed by atoms with Gasteiger partial charge in [0.2, 0.25) is 0 Å². The van der Waals surface area contributed by atoms with Crippen molar-refractivity contribution < 1.29 is 23.5 Å². The fourth-order valence-electron chi connectivity index (χ4n) is 1.49. The summed E-state index contributed by atoms with van der Waals surface area (Å²) in [6, 6.07) is 1.23. The molecule has 0 amide bonds. The Labute approximate surface area is 121 Å². The molecule has 0 aliphatic rings. The molecule has 10 heteroatoms. The molecule has 0 spiro atoms. The molecule has 2 N–H and O–H groups in total. The Bertz CT molecular complexity index is 591.